The van der Waals surface area contributed by atoms with Gasteiger partial charge in [0.05, 0.1) is 0 Å². The number of hydrogen-bond acceptors (Lipinski definition) is 3. The van der Waals surface area contributed by atoms with Crippen molar-refractivity contribution in [3.63, 3.8) is 0 Å². The van der Waals surface area contributed by atoms with Crippen molar-refractivity contribution in [3.8, 4) is 0 Å². The van der Waals surface area contributed by atoms with Crippen molar-refractivity contribution < 1.29 is 0 Å². The lowest BCUT2D eigenvalue weighted by Gasteiger charge is -2.05. The van der Waals surface area contributed by atoms with Gasteiger partial charge in [-0.2, -0.15) is 0 Å². The average Bonchev–Trinajstić information content (AvgIpc) is 3.13. The second-order valence-corrected chi connectivity index (χ2v) is 6.70. The van der Waals surface area contributed by atoms with Crippen LogP contribution in [0.4, 0.5) is 0 Å². The maximum atomic E-state index is 11.6. The molecule has 0 radical (unpaired) electrons. The third kappa shape index (κ3) is 2.90. The van der Waals surface area contributed by atoms with Gasteiger partial charge in [0.15, 0.2) is 5.16 Å². The number of nitrogens with zero attached hydrogens (tertiary/aromatic N) is 2. The van der Waals surface area contributed by atoms with Gasteiger partial charge in [-0.1, -0.05) is 45.4 Å². The summed E-state index contributed by atoms with van der Waals surface area (Å²) in [5.41, 5.74) is 0.916. The zero-order chi connectivity index (χ0) is 13.4. The molecular formula is C12H11BrClN3OS. The van der Waals surface area contributed by atoms with E-state index in [9.17, 15) is 4.79 Å². The summed E-state index contributed by atoms with van der Waals surface area (Å²) in [6.45, 7) is 0. The predicted molar refractivity (Wildman–Crippen MR) is 79.8 cm³/mol. The fraction of sp³-hybridized carbons (Fsp3) is 0.333. The molecule has 1 N–H and O–H groups in total. The standard InChI is InChI=1S/C12H11BrClN3OS/c13-8-2-1-7(10(14)5-8)6-19-12-16-15-11(18)17(12)9-3-4-9/h1-2,5,9H,3-4,6H2,(H,15,18). The molecule has 1 fully saturated rings. The van der Waals surface area contributed by atoms with Crippen LogP contribution in [-0.2, 0) is 5.75 Å². The van der Waals surface area contributed by atoms with E-state index >= 15 is 0 Å². The quantitative estimate of drug-likeness (QED) is 0.847. The Morgan fingerprint density at radius 3 is 3.00 bits per heavy atom. The van der Waals surface area contributed by atoms with Gasteiger partial charge in [-0.3, -0.25) is 4.57 Å². The Hall–Kier alpha value is -0.720. The third-order valence-electron chi connectivity index (χ3n) is 2.96. The minimum atomic E-state index is -0.119. The first-order chi connectivity index (χ1) is 9.15. The van der Waals surface area contributed by atoms with Gasteiger partial charge in [-0.15, -0.1) is 5.10 Å². The van der Waals surface area contributed by atoms with Gasteiger partial charge >= 0.3 is 5.69 Å². The molecular weight excluding hydrogens is 350 g/mol. The molecule has 0 aliphatic heterocycles. The van der Waals surface area contributed by atoms with Crippen molar-refractivity contribution in [2.24, 2.45) is 0 Å². The monoisotopic (exact) mass is 359 g/mol. The summed E-state index contributed by atoms with van der Waals surface area (Å²) in [5, 5.41) is 8.05. The highest BCUT2D eigenvalue weighted by Gasteiger charge is 2.28. The van der Waals surface area contributed by atoms with Crippen LogP contribution in [0.15, 0.2) is 32.6 Å². The van der Waals surface area contributed by atoms with Crippen LogP contribution >= 0.6 is 39.3 Å². The Morgan fingerprint density at radius 1 is 1.53 bits per heavy atom. The first kappa shape index (κ1) is 13.3. The number of rotatable bonds is 4. The first-order valence-corrected chi connectivity index (χ1v) is 8.04. The topological polar surface area (TPSA) is 50.7 Å². The number of hydrogen-bond donors (Lipinski definition) is 1. The third-order valence-corrected chi connectivity index (χ3v) is 4.80. The van der Waals surface area contributed by atoms with E-state index in [4.69, 9.17) is 11.6 Å². The minimum absolute atomic E-state index is 0.119. The lowest BCUT2D eigenvalue weighted by molar-refractivity contribution is 0.642. The molecule has 1 aliphatic carbocycles. The van der Waals surface area contributed by atoms with Crippen LogP contribution in [0.1, 0.15) is 24.4 Å². The summed E-state index contributed by atoms with van der Waals surface area (Å²) in [7, 11) is 0. The first-order valence-electron chi connectivity index (χ1n) is 5.89. The van der Waals surface area contributed by atoms with Crippen LogP contribution in [0.5, 0.6) is 0 Å². The normalized spacial score (nSPS) is 14.8. The number of benzene rings is 1. The number of nitrogens with one attached hydrogen (secondary N) is 1. The number of aromatic nitrogens is 3. The number of thioether (sulfide) groups is 1. The minimum Gasteiger partial charge on any atom is -0.267 e. The highest BCUT2D eigenvalue weighted by atomic mass is 79.9. The summed E-state index contributed by atoms with van der Waals surface area (Å²) in [4.78, 5) is 11.6. The molecule has 0 unspecified atom stereocenters. The number of halogens is 2. The van der Waals surface area contributed by atoms with Crippen LogP contribution in [0.2, 0.25) is 5.02 Å². The molecule has 1 aromatic carbocycles. The lowest BCUT2D eigenvalue weighted by atomic mass is 10.2. The molecule has 2 aromatic rings. The average molecular weight is 361 g/mol. The van der Waals surface area contributed by atoms with Crippen LogP contribution in [0, 0.1) is 0 Å². The molecule has 100 valence electrons. The van der Waals surface area contributed by atoms with Gasteiger partial charge < -0.3 is 0 Å². The van der Waals surface area contributed by atoms with Crippen LogP contribution in [-0.4, -0.2) is 14.8 Å². The molecule has 7 heteroatoms. The van der Waals surface area contributed by atoms with Crippen molar-refractivity contribution >= 4 is 39.3 Å². The summed E-state index contributed by atoms with van der Waals surface area (Å²) in [6, 6.07) is 6.14. The fourth-order valence-corrected chi connectivity index (χ4v) is 3.66. The Bertz CT molecular complexity index is 665. The van der Waals surface area contributed by atoms with E-state index < -0.39 is 0 Å². The van der Waals surface area contributed by atoms with Gasteiger partial charge in [-0.05, 0) is 30.5 Å². The maximum absolute atomic E-state index is 11.6. The zero-order valence-corrected chi connectivity index (χ0v) is 13.1. The second-order valence-electron chi connectivity index (χ2n) is 4.44. The van der Waals surface area contributed by atoms with E-state index in [1.165, 1.54) is 11.8 Å². The van der Waals surface area contributed by atoms with Crippen LogP contribution in [0.3, 0.4) is 0 Å². The van der Waals surface area contributed by atoms with Crippen molar-refractivity contribution in [1.29, 1.82) is 0 Å². The molecule has 4 nitrogen and oxygen atoms in total. The van der Waals surface area contributed by atoms with Gasteiger partial charge in [0, 0.05) is 21.3 Å². The molecule has 1 aliphatic rings. The molecule has 3 rings (SSSR count). The smallest absolute Gasteiger partial charge is 0.267 e. The molecule has 0 saturated heterocycles. The predicted octanol–water partition coefficient (Wildman–Crippen LogP) is 3.61. The lowest BCUT2D eigenvalue weighted by Crippen LogP contribution is -2.16. The Balaban J connectivity index is 1.77. The highest BCUT2D eigenvalue weighted by molar-refractivity contribution is 9.10. The summed E-state index contributed by atoms with van der Waals surface area (Å²) in [6.07, 6.45) is 2.12. The maximum Gasteiger partial charge on any atom is 0.344 e. The van der Waals surface area contributed by atoms with Crippen molar-refractivity contribution in [2.75, 3.05) is 0 Å². The van der Waals surface area contributed by atoms with Gasteiger partial charge in [0.25, 0.3) is 0 Å². The number of aromatic amines is 1. The molecule has 0 bridgehead atoms. The van der Waals surface area contributed by atoms with Gasteiger partial charge in [0.1, 0.15) is 0 Å². The Labute approximate surface area is 127 Å². The zero-order valence-electron chi connectivity index (χ0n) is 9.90. The SMILES string of the molecule is O=c1[nH]nc(SCc2ccc(Br)cc2Cl)n1C1CC1. The van der Waals surface area contributed by atoms with Crippen LogP contribution < -0.4 is 5.69 Å². The fourth-order valence-electron chi connectivity index (χ4n) is 1.83. The molecule has 0 spiro atoms. The molecule has 1 heterocycles. The van der Waals surface area contributed by atoms with E-state index in [1.807, 2.05) is 18.2 Å². The van der Waals surface area contributed by atoms with Gasteiger partial charge in [0.2, 0.25) is 0 Å². The van der Waals surface area contributed by atoms with E-state index in [1.54, 1.807) is 4.57 Å². The Morgan fingerprint density at radius 2 is 2.32 bits per heavy atom. The Kier molecular flexibility index (Phi) is 3.73. The highest BCUT2D eigenvalue weighted by Crippen LogP contribution is 2.37. The van der Waals surface area contributed by atoms with E-state index in [-0.39, 0.29) is 5.69 Å². The molecule has 19 heavy (non-hydrogen) atoms. The largest absolute Gasteiger partial charge is 0.344 e. The second kappa shape index (κ2) is 5.34. The van der Waals surface area contributed by atoms with Crippen molar-refractivity contribution in [3.05, 3.63) is 43.7 Å². The van der Waals surface area contributed by atoms with E-state index in [0.717, 1.165) is 33.1 Å². The molecule has 0 atom stereocenters. The van der Waals surface area contributed by atoms with E-state index in [0.29, 0.717) is 11.8 Å². The summed E-state index contributed by atoms with van der Waals surface area (Å²) < 4.78 is 2.71. The van der Waals surface area contributed by atoms with Crippen molar-refractivity contribution in [1.82, 2.24) is 14.8 Å². The van der Waals surface area contributed by atoms with E-state index in [2.05, 4.69) is 26.1 Å². The molecule has 1 saturated carbocycles. The number of H-pyrrole nitrogens is 1. The summed E-state index contributed by atoms with van der Waals surface area (Å²) >= 11 is 11.1. The molecule has 1 aromatic heterocycles. The van der Waals surface area contributed by atoms with Crippen LogP contribution in [0.25, 0.3) is 0 Å². The van der Waals surface area contributed by atoms with Crippen molar-refractivity contribution in [2.45, 2.75) is 29.8 Å². The summed E-state index contributed by atoms with van der Waals surface area (Å²) in [5.74, 6) is 0.698. The van der Waals surface area contributed by atoms with Gasteiger partial charge in [-0.25, -0.2) is 9.89 Å². The molecule has 0 amide bonds.